The molecule has 17 nitrogen and oxygen atoms in total. The average Bonchev–Trinajstić information content (AvgIpc) is 3.43. The van der Waals surface area contributed by atoms with E-state index in [9.17, 15) is 44.4 Å². The van der Waals surface area contributed by atoms with E-state index in [0.717, 1.165) is 74.7 Å². The maximum absolute atomic E-state index is 14.5. The third kappa shape index (κ3) is 14.7. The SMILES string of the molecule is CC1(C)CCC(c2ccc(Cl)cc2)=C(CN2CCN(c3ccc(C(=O)NS(=O)(=O)c4ccc(N[C@H](CCN5CCN(Cc6cc(N7CCC(=O)NC7=O)cnn6)CC5)CSc5ccccc5)c(S(=O)(=O)C(F)(F)F)c4)cc3)CC2)C1. The lowest BCUT2D eigenvalue weighted by Crippen LogP contribution is -2.49. The fraction of sp³-hybridized carbons (Fsp3) is 0.411. The standard InChI is InChI=1S/C56H64ClF3N10O7S3/c1-55(2)21-18-49(39-8-12-42(57)13-9-39)41(34-55)36-67-28-30-69(31-29-67)45-14-10-40(11-15-45)53(72)65-80(76,77)48-16-17-50(51(33-48)79(74,75)56(58,59)60)62-43(38-78-47-6-4-3-5-7-47)19-22-66-24-26-68(27-25-66)37-44-32-46(35-61-64-44)70-23-20-52(71)63-54(70)73/h3-17,32-33,35,43,62H,18-31,34,36-38H2,1-2H3,(H,65,72)(H,63,71,73)/t43-/m1/s1. The molecule has 1 atom stereocenters. The first kappa shape index (κ1) is 58.6. The third-order valence-electron chi connectivity index (χ3n) is 15.0. The van der Waals surface area contributed by atoms with Gasteiger partial charge in [0.15, 0.2) is 0 Å². The zero-order valence-electron chi connectivity index (χ0n) is 44.4. The molecule has 1 aromatic heterocycles. The van der Waals surface area contributed by atoms with Crippen LogP contribution < -0.4 is 25.2 Å². The number of aromatic nitrogens is 2. The highest BCUT2D eigenvalue weighted by atomic mass is 35.5. The number of rotatable bonds is 19. The summed E-state index contributed by atoms with van der Waals surface area (Å²) < 4.78 is 99.5. The quantitative estimate of drug-likeness (QED) is 0.0665. The van der Waals surface area contributed by atoms with Crippen LogP contribution in [0.15, 0.2) is 130 Å². The van der Waals surface area contributed by atoms with Crippen LogP contribution in [-0.4, -0.2) is 149 Å². The number of sulfonamides is 1. The minimum absolute atomic E-state index is 0.0244. The topological polar surface area (TPSA) is 198 Å². The molecule has 0 bridgehead atoms. The molecule has 0 saturated carbocycles. The fourth-order valence-corrected chi connectivity index (χ4v) is 13.6. The Morgan fingerprint density at radius 3 is 2.16 bits per heavy atom. The van der Waals surface area contributed by atoms with Gasteiger partial charge in [-0.05, 0) is 115 Å². The second-order valence-electron chi connectivity index (χ2n) is 21.3. The Bertz CT molecular complexity index is 3310. The van der Waals surface area contributed by atoms with E-state index in [1.807, 2.05) is 47.2 Å². The molecule has 4 amide bonds. The number of piperazine rings is 2. The van der Waals surface area contributed by atoms with Crippen molar-refractivity contribution in [2.24, 2.45) is 5.41 Å². The molecule has 426 valence electrons. The lowest BCUT2D eigenvalue weighted by molar-refractivity contribution is -0.120. The van der Waals surface area contributed by atoms with Crippen LogP contribution in [0.1, 0.15) is 67.6 Å². The molecule has 3 aliphatic heterocycles. The Hall–Kier alpha value is -6.08. The number of alkyl halides is 3. The zero-order valence-corrected chi connectivity index (χ0v) is 47.6. The molecule has 3 fully saturated rings. The van der Waals surface area contributed by atoms with Crippen LogP contribution in [0, 0.1) is 5.41 Å². The largest absolute Gasteiger partial charge is 0.501 e. The van der Waals surface area contributed by atoms with Crippen molar-refractivity contribution >= 4 is 83.7 Å². The van der Waals surface area contributed by atoms with E-state index in [4.69, 9.17) is 11.6 Å². The molecule has 0 radical (unpaired) electrons. The predicted octanol–water partition coefficient (Wildman–Crippen LogP) is 8.56. The van der Waals surface area contributed by atoms with Gasteiger partial charge in [-0.15, -0.1) is 11.8 Å². The summed E-state index contributed by atoms with van der Waals surface area (Å²) in [7, 11) is -11.0. The summed E-state index contributed by atoms with van der Waals surface area (Å²) in [5.41, 5.74) is -0.0425. The number of allylic oxidation sites excluding steroid dienone is 1. The number of nitrogens with one attached hydrogen (secondary N) is 3. The Balaban J connectivity index is 0.833. The number of anilines is 3. The lowest BCUT2D eigenvalue weighted by atomic mass is 9.73. The van der Waals surface area contributed by atoms with Gasteiger partial charge in [-0.1, -0.05) is 61.4 Å². The maximum atomic E-state index is 14.5. The van der Waals surface area contributed by atoms with E-state index in [1.165, 1.54) is 51.7 Å². The maximum Gasteiger partial charge on any atom is 0.501 e. The van der Waals surface area contributed by atoms with Gasteiger partial charge >= 0.3 is 11.5 Å². The highest BCUT2D eigenvalue weighted by Crippen LogP contribution is 2.43. The van der Waals surface area contributed by atoms with E-state index in [0.29, 0.717) is 73.9 Å². The Morgan fingerprint density at radius 1 is 0.800 bits per heavy atom. The summed E-state index contributed by atoms with van der Waals surface area (Å²) in [4.78, 5) is 46.7. The van der Waals surface area contributed by atoms with Crippen LogP contribution in [0.25, 0.3) is 5.57 Å². The number of nitrogens with zero attached hydrogens (tertiary/aromatic N) is 7. The van der Waals surface area contributed by atoms with Crippen molar-refractivity contribution in [2.45, 2.75) is 78.7 Å². The smallest absolute Gasteiger partial charge is 0.380 e. The van der Waals surface area contributed by atoms with Gasteiger partial charge in [0.05, 0.1) is 28.2 Å². The van der Waals surface area contributed by atoms with Crippen molar-refractivity contribution in [3.8, 4) is 0 Å². The summed E-state index contributed by atoms with van der Waals surface area (Å²) in [5.74, 6) is -1.08. The van der Waals surface area contributed by atoms with Gasteiger partial charge < -0.3 is 15.1 Å². The Morgan fingerprint density at radius 2 is 1.48 bits per heavy atom. The van der Waals surface area contributed by atoms with Crippen molar-refractivity contribution < 1.29 is 44.4 Å². The van der Waals surface area contributed by atoms with Gasteiger partial charge in [-0.25, -0.2) is 26.4 Å². The lowest BCUT2D eigenvalue weighted by Gasteiger charge is -2.39. The summed E-state index contributed by atoms with van der Waals surface area (Å²) in [6, 6.07) is 26.8. The number of hydrogen-bond donors (Lipinski definition) is 3. The van der Waals surface area contributed by atoms with E-state index in [1.54, 1.807) is 18.2 Å². The molecule has 4 aromatic carbocycles. The van der Waals surface area contributed by atoms with Gasteiger partial charge in [-0.3, -0.25) is 29.6 Å². The minimum atomic E-state index is -6.13. The number of benzene rings is 4. The van der Waals surface area contributed by atoms with Crippen molar-refractivity contribution in [3.63, 3.8) is 0 Å². The Kier molecular flexibility index (Phi) is 18.3. The number of hydrogen-bond acceptors (Lipinski definition) is 15. The van der Waals surface area contributed by atoms with Crippen LogP contribution >= 0.6 is 23.4 Å². The van der Waals surface area contributed by atoms with Crippen molar-refractivity contribution in [1.82, 2.24) is 34.9 Å². The normalized spacial score (nSPS) is 18.5. The highest BCUT2D eigenvalue weighted by molar-refractivity contribution is 7.99. The van der Waals surface area contributed by atoms with Crippen LogP contribution in [0.3, 0.4) is 0 Å². The van der Waals surface area contributed by atoms with Gasteiger partial charge in [0.25, 0.3) is 25.8 Å². The van der Waals surface area contributed by atoms with Crippen LogP contribution in [0.5, 0.6) is 0 Å². The number of imide groups is 1. The number of sulfone groups is 1. The molecule has 5 aromatic rings. The van der Waals surface area contributed by atoms with Crippen LogP contribution in [0.2, 0.25) is 5.02 Å². The molecule has 24 heteroatoms. The van der Waals surface area contributed by atoms with Crippen molar-refractivity contribution in [2.75, 3.05) is 92.9 Å². The molecular formula is C56H64ClF3N10O7S3. The number of amides is 4. The first-order chi connectivity index (χ1) is 38.1. The first-order valence-electron chi connectivity index (χ1n) is 26.5. The molecule has 3 N–H and O–H groups in total. The molecule has 3 saturated heterocycles. The first-order valence-corrected chi connectivity index (χ1v) is 30.8. The second kappa shape index (κ2) is 25.0. The predicted molar refractivity (Wildman–Crippen MR) is 304 cm³/mol. The molecule has 9 rings (SSSR count). The number of urea groups is 1. The zero-order chi connectivity index (χ0) is 56.8. The molecule has 4 heterocycles. The second-order valence-corrected chi connectivity index (χ2v) is 26.4. The molecule has 0 spiro atoms. The van der Waals surface area contributed by atoms with Gasteiger partial charge in [0.1, 0.15) is 4.90 Å². The van der Waals surface area contributed by atoms with E-state index >= 15 is 0 Å². The Labute approximate surface area is 474 Å². The number of halogens is 4. The molecule has 0 unspecified atom stereocenters. The molecular weight excluding hydrogens is 1110 g/mol. The van der Waals surface area contributed by atoms with E-state index < -0.39 is 58.8 Å². The molecule has 80 heavy (non-hydrogen) atoms. The number of carbonyl (C=O) groups excluding carboxylic acids is 3. The highest BCUT2D eigenvalue weighted by Gasteiger charge is 2.48. The third-order valence-corrected chi connectivity index (χ3v) is 19.3. The summed E-state index contributed by atoms with van der Waals surface area (Å²) in [5, 5.41) is 14.4. The summed E-state index contributed by atoms with van der Waals surface area (Å²) in [6.07, 6.45) is 5.12. The number of thioether (sulfide) groups is 1. The summed E-state index contributed by atoms with van der Waals surface area (Å²) in [6.45, 7) is 12.2. The summed E-state index contributed by atoms with van der Waals surface area (Å²) >= 11 is 7.63. The van der Waals surface area contributed by atoms with Crippen molar-refractivity contribution in [1.29, 1.82) is 0 Å². The van der Waals surface area contributed by atoms with Crippen LogP contribution in [0.4, 0.5) is 35.0 Å². The molecule has 1 aliphatic carbocycles. The van der Waals surface area contributed by atoms with Gasteiger partial charge in [0.2, 0.25) is 5.91 Å². The number of carbonyl (C=O) groups is 3. The van der Waals surface area contributed by atoms with Gasteiger partial charge in [-0.2, -0.15) is 23.4 Å². The van der Waals surface area contributed by atoms with Gasteiger partial charge in [0, 0.05) is 118 Å². The minimum Gasteiger partial charge on any atom is -0.380 e. The average molecular weight is 1180 g/mol. The van der Waals surface area contributed by atoms with Crippen molar-refractivity contribution in [3.05, 3.63) is 137 Å². The van der Waals surface area contributed by atoms with E-state index in [2.05, 4.69) is 66.4 Å². The van der Waals surface area contributed by atoms with Crippen LogP contribution in [-0.2, 0) is 31.2 Å². The molecule has 4 aliphatic rings. The van der Waals surface area contributed by atoms with E-state index in [-0.39, 0.29) is 29.9 Å². The fourth-order valence-electron chi connectivity index (χ4n) is 10.5. The monoisotopic (exact) mass is 1180 g/mol.